The third-order valence-corrected chi connectivity index (χ3v) is 4.40. The molecular formula is C14H12BrN3S. The maximum absolute atomic E-state index is 4.42. The minimum Gasteiger partial charge on any atom is -0.369 e. The molecule has 5 heteroatoms. The van der Waals surface area contributed by atoms with E-state index in [0.717, 1.165) is 33.7 Å². The standard InChI is InChI=1S/C14H12BrN3S/c15-12-3-1-2-11-10(12)4-6-17-14(11)18-7-5-13-16-8-9-19-13/h1-4,6,8-9H,5,7H2,(H,17,18). The number of rotatable bonds is 4. The van der Waals surface area contributed by atoms with E-state index in [2.05, 4.69) is 37.3 Å². The number of halogens is 1. The van der Waals surface area contributed by atoms with Gasteiger partial charge in [-0.3, -0.25) is 0 Å². The molecule has 2 aromatic heterocycles. The van der Waals surface area contributed by atoms with E-state index in [1.807, 2.05) is 36.0 Å². The molecule has 3 rings (SSSR count). The first-order valence-corrected chi connectivity index (χ1v) is 7.67. The second kappa shape index (κ2) is 5.67. The largest absolute Gasteiger partial charge is 0.369 e. The molecule has 1 N–H and O–H groups in total. The molecule has 0 saturated carbocycles. The summed E-state index contributed by atoms with van der Waals surface area (Å²) in [6.07, 6.45) is 4.59. The van der Waals surface area contributed by atoms with Crippen molar-refractivity contribution in [3.05, 3.63) is 51.5 Å². The number of benzene rings is 1. The molecule has 0 unspecified atom stereocenters. The van der Waals surface area contributed by atoms with Crippen LogP contribution in [0.5, 0.6) is 0 Å². The summed E-state index contributed by atoms with van der Waals surface area (Å²) in [6, 6.07) is 8.17. The van der Waals surface area contributed by atoms with Gasteiger partial charge in [0.05, 0.1) is 5.01 Å². The maximum Gasteiger partial charge on any atom is 0.133 e. The normalized spacial score (nSPS) is 10.8. The number of nitrogens with zero attached hydrogens (tertiary/aromatic N) is 2. The van der Waals surface area contributed by atoms with Gasteiger partial charge in [-0.25, -0.2) is 9.97 Å². The van der Waals surface area contributed by atoms with Crippen molar-refractivity contribution in [1.82, 2.24) is 9.97 Å². The Balaban J connectivity index is 1.79. The Bertz CT molecular complexity index is 682. The number of aromatic nitrogens is 2. The van der Waals surface area contributed by atoms with Crippen LogP contribution < -0.4 is 5.32 Å². The zero-order valence-corrected chi connectivity index (χ0v) is 12.5. The summed E-state index contributed by atoms with van der Waals surface area (Å²) in [7, 11) is 0. The highest BCUT2D eigenvalue weighted by molar-refractivity contribution is 9.10. The van der Waals surface area contributed by atoms with Crippen LogP contribution in [0.25, 0.3) is 10.8 Å². The van der Waals surface area contributed by atoms with Gasteiger partial charge in [-0.15, -0.1) is 11.3 Å². The molecule has 0 atom stereocenters. The molecule has 1 aromatic carbocycles. The van der Waals surface area contributed by atoms with Crippen LogP contribution in [0.2, 0.25) is 0 Å². The highest BCUT2D eigenvalue weighted by atomic mass is 79.9. The van der Waals surface area contributed by atoms with Crippen molar-refractivity contribution in [2.45, 2.75) is 6.42 Å². The molecule has 2 heterocycles. The average Bonchev–Trinajstić information content (AvgIpc) is 2.93. The average molecular weight is 334 g/mol. The molecule has 0 aliphatic carbocycles. The lowest BCUT2D eigenvalue weighted by atomic mass is 10.1. The fourth-order valence-corrected chi connectivity index (χ4v) is 3.09. The van der Waals surface area contributed by atoms with Gasteiger partial charge in [-0.05, 0) is 12.1 Å². The van der Waals surface area contributed by atoms with Gasteiger partial charge in [-0.2, -0.15) is 0 Å². The fraction of sp³-hybridized carbons (Fsp3) is 0.143. The number of hydrogen-bond acceptors (Lipinski definition) is 4. The van der Waals surface area contributed by atoms with Crippen LogP contribution in [-0.2, 0) is 6.42 Å². The molecular weight excluding hydrogens is 322 g/mol. The Kier molecular flexibility index (Phi) is 3.75. The SMILES string of the molecule is Brc1cccc2c(NCCc3nccs3)nccc12. The predicted molar refractivity (Wildman–Crippen MR) is 83.8 cm³/mol. The number of thiazole rings is 1. The topological polar surface area (TPSA) is 37.8 Å². The van der Waals surface area contributed by atoms with Gasteiger partial charge in [0.15, 0.2) is 0 Å². The van der Waals surface area contributed by atoms with Gasteiger partial charge in [0.25, 0.3) is 0 Å². The first kappa shape index (κ1) is 12.6. The Morgan fingerprint density at radius 3 is 2.89 bits per heavy atom. The second-order valence-corrected chi connectivity index (χ2v) is 5.93. The molecule has 19 heavy (non-hydrogen) atoms. The van der Waals surface area contributed by atoms with Crippen molar-refractivity contribution in [3.8, 4) is 0 Å². The van der Waals surface area contributed by atoms with Crippen LogP contribution in [0.15, 0.2) is 46.5 Å². The predicted octanol–water partition coefficient (Wildman–Crippen LogP) is 4.11. The van der Waals surface area contributed by atoms with Crippen molar-refractivity contribution in [2.24, 2.45) is 0 Å². The number of anilines is 1. The molecule has 0 aliphatic rings. The lowest BCUT2D eigenvalue weighted by Gasteiger charge is -2.08. The molecule has 3 aromatic rings. The molecule has 0 spiro atoms. The summed E-state index contributed by atoms with van der Waals surface area (Å²) in [5.41, 5.74) is 0. The summed E-state index contributed by atoms with van der Waals surface area (Å²) >= 11 is 5.25. The van der Waals surface area contributed by atoms with Crippen LogP contribution in [-0.4, -0.2) is 16.5 Å². The molecule has 0 radical (unpaired) electrons. The quantitative estimate of drug-likeness (QED) is 0.780. The van der Waals surface area contributed by atoms with E-state index in [4.69, 9.17) is 0 Å². The van der Waals surface area contributed by atoms with Crippen molar-refractivity contribution in [3.63, 3.8) is 0 Å². The van der Waals surface area contributed by atoms with E-state index in [1.54, 1.807) is 11.3 Å². The molecule has 96 valence electrons. The highest BCUT2D eigenvalue weighted by Gasteiger charge is 2.04. The monoisotopic (exact) mass is 333 g/mol. The molecule has 0 amide bonds. The zero-order chi connectivity index (χ0) is 13.1. The van der Waals surface area contributed by atoms with Crippen molar-refractivity contribution in [2.75, 3.05) is 11.9 Å². The molecule has 3 nitrogen and oxygen atoms in total. The Hall–Kier alpha value is -1.46. The zero-order valence-electron chi connectivity index (χ0n) is 10.1. The molecule has 0 saturated heterocycles. The van der Waals surface area contributed by atoms with E-state index in [9.17, 15) is 0 Å². The lowest BCUT2D eigenvalue weighted by molar-refractivity contribution is 0.990. The van der Waals surface area contributed by atoms with E-state index in [1.165, 1.54) is 5.39 Å². The number of fused-ring (bicyclic) bond motifs is 1. The third-order valence-electron chi connectivity index (χ3n) is 2.87. The summed E-state index contributed by atoms with van der Waals surface area (Å²) in [4.78, 5) is 8.69. The van der Waals surface area contributed by atoms with Crippen LogP contribution in [0.3, 0.4) is 0 Å². The lowest BCUT2D eigenvalue weighted by Crippen LogP contribution is -2.06. The second-order valence-electron chi connectivity index (χ2n) is 4.10. The third kappa shape index (κ3) is 2.77. The Labute approximate surface area is 123 Å². The van der Waals surface area contributed by atoms with Gasteiger partial charge in [0.1, 0.15) is 5.82 Å². The highest BCUT2D eigenvalue weighted by Crippen LogP contribution is 2.27. The molecule has 0 fully saturated rings. The summed E-state index contributed by atoms with van der Waals surface area (Å²) in [6.45, 7) is 0.839. The first-order chi connectivity index (χ1) is 9.34. The molecule has 0 bridgehead atoms. The van der Waals surface area contributed by atoms with Crippen LogP contribution in [0.4, 0.5) is 5.82 Å². The summed E-state index contributed by atoms with van der Waals surface area (Å²) in [5, 5.41) is 8.85. The van der Waals surface area contributed by atoms with Crippen molar-refractivity contribution in [1.29, 1.82) is 0 Å². The van der Waals surface area contributed by atoms with Crippen molar-refractivity contribution >= 4 is 43.9 Å². The van der Waals surface area contributed by atoms with Gasteiger partial charge in [0, 0.05) is 46.0 Å². The van der Waals surface area contributed by atoms with Gasteiger partial charge < -0.3 is 5.32 Å². The van der Waals surface area contributed by atoms with E-state index < -0.39 is 0 Å². The minimum absolute atomic E-state index is 0.839. The number of nitrogens with one attached hydrogen (secondary N) is 1. The van der Waals surface area contributed by atoms with Gasteiger partial charge in [-0.1, -0.05) is 28.1 Å². The fourth-order valence-electron chi connectivity index (χ4n) is 1.97. The molecule has 0 aliphatic heterocycles. The van der Waals surface area contributed by atoms with Crippen molar-refractivity contribution < 1.29 is 0 Å². The van der Waals surface area contributed by atoms with Crippen LogP contribution in [0, 0.1) is 0 Å². The van der Waals surface area contributed by atoms with E-state index in [0.29, 0.717) is 0 Å². The summed E-state index contributed by atoms with van der Waals surface area (Å²) < 4.78 is 1.09. The Morgan fingerprint density at radius 2 is 2.05 bits per heavy atom. The Morgan fingerprint density at radius 1 is 1.11 bits per heavy atom. The smallest absolute Gasteiger partial charge is 0.133 e. The summed E-state index contributed by atoms with van der Waals surface area (Å²) in [5.74, 6) is 0.926. The maximum atomic E-state index is 4.42. The van der Waals surface area contributed by atoms with E-state index in [-0.39, 0.29) is 0 Å². The van der Waals surface area contributed by atoms with Crippen LogP contribution >= 0.6 is 27.3 Å². The number of hydrogen-bond donors (Lipinski definition) is 1. The first-order valence-electron chi connectivity index (χ1n) is 6.00. The van der Waals surface area contributed by atoms with Gasteiger partial charge in [0.2, 0.25) is 0 Å². The van der Waals surface area contributed by atoms with Crippen LogP contribution in [0.1, 0.15) is 5.01 Å². The van der Waals surface area contributed by atoms with E-state index >= 15 is 0 Å². The minimum atomic E-state index is 0.839. The number of pyridine rings is 1. The van der Waals surface area contributed by atoms with Gasteiger partial charge >= 0.3 is 0 Å².